The van der Waals surface area contributed by atoms with Gasteiger partial charge in [-0.2, -0.15) is 0 Å². The average Bonchev–Trinajstić information content (AvgIpc) is 3.18. The third-order valence-electron chi connectivity index (χ3n) is 3.08. The number of hydrogen-bond donors (Lipinski definition) is 1. The van der Waals surface area contributed by atoms with Crippen LogP contribution in [-0.4, -0.2) is 33.0 Å². The van der Waals surface area contributed by atoms with Gasteiger partial charge in [0.05, 0.1) is 33.7 Å². The summed E-state index contributed by atoms with van der Waals surface area (Å²) >= 11 is 2.85. The van der Waals surface area contributed by atoms with Crippen LogP contribution in [0, 0.1) is 0 Å². The van der Waals surface area contributed by atoms with Crippen molar-refractivity contribution >= 4 is 54.1 Å². The van der Waals surface area contributed by atoms with E-state index in [1.807, 2.05) is 12.1 Å². The van der Waals surface area contributed by atoms with Crippen LogP contribution in [0.5, 0.6) is 5.19 Å². The van der Waals surface area contributed by atoms with E-state index in [4.69, 9.17) is 4.74 Å². The van der Waals surface area contributed by atoms with Gasteiger partial charge in [0, 0.05) is 12.4 Å². The van der Waals surface area contributed by atoms with Crippen molar-refractivity contribution < 1.29 is 9.53 Å². The second kappa shape index (κ2) is 5.52. The largest absolute Gasteiger partial charge is 0.473 e. The summed E-state index contributed by atoms with van der Waals surface area (Å²) in [5.41, 5.74) is 1.91. The molecule has 1 N–H and O–H groups in total. The summed E-state index contributed by atoms with van der Waals surface area (Å²) in [6, 6.07) is 3.77. The highest BCUT2D eigenvalue weighted by Gasteiger charge is 2.14. The summed E-state index contributed by atoms with van der Waals surface area (Å²) in [6.07, 6.45) is 4.40. The summed E-state index contributed by atoms with van der Waals surface area (Å²) < 4.78 is 7.15. The molecule has 9 heteroatoms. The number of amides is 1. The van der Waals surface area contributed by atoms with Gasteiger partial charge in [-0.1, -0.05) is 22.7 Å². The van der Waals surface area contributed by atoms with Crippen molar-refractivity contribution in [3.05, 3.63) is 36.4 Å². The molecule has 0 radical (unpaired) electrons. The molecule has 0 aliphatic carbocycles. The molecule has 1 amide bonds. The van der Waals surface area contributed by atoms with Gasteiger partial charge in [-0.3, -0.25) is 15.1 Å². The van der Waals surface area contributed by atoms with Crippen LogP contribution >= 0.6 is 22.7 Å². The van der Waals surface area contributed by atoms with E-state index in [2.05, 4.69) is 25.3 Å². The molecule has 4 rings (SSSR count). The zero-order valence-corrected chi connectivity index (χ0v) is 13.4. The van der Waals surface area contributed by atoms with Crippen LogP contribution in [-0.2, 0) is 0 Å². The fraction of sp³-hybridized carbons (Fsp3) is 0.0714. The van der Waals surface area contributed by atoms with Crippen molar-refractivity contribution in [2.24, 2.45) is 0 Å². The molecule has 0 aliphatic rings. The second-order valence-corrected chi connectivity index (χ2v) is 6.47. The SMILES string of the molecule is COc1nc2ccc3nc(NC(=O)c4cnccn4)sc3c2s1. The lowest BCUT2D eigenvalue weighted by molar-refractivity contribution is 0.102. The Labute approximate surface area is 138 Å². The molecule has 0 spiro atoms. The van der Waals surface area contributed by atoms with E-state index in [-0.39, 0.29) is 11.6 Å². The van der Waals surface area contributed by atoms with Crippen LogP contribution in [0.3, 0.4) is 0 Å². The van der Waals surface area contributed by atoms with Gasteiger partial charge in [0.1, 0.15) is 5.69 Å². The number of thiazole rings is 2. The topological polar surface area (TPSA) is 89.9 Å². The third kappa shape index (κ3) is 2.49. The molecule has 1 aromatic carbocycles. The Bertz CT molecular complexity index is 1010. The summed E-state index contributed by atoms with van der Waals surface area (Å²) in [5.74, 6) is -0.338. The first-order valence-corrected chi connectivity index (χ1v) is 8.19. The zero-order valence-electron chi connectivity index (χ0n) is 11.8. The van der Waals surface area contributed by atoms with E-state index < -0.39 is 0 Å². The first-order chi connectivity index (χ1) is 11.2. The monoisotopic (exact) mass is 343 g/mol. The number of carbonyl (C=O) groups excluding carboxylic acids is 1. The minimum atomic E-state index is -0.338. The van der Waals surface area contributed by atoms with Crippen LogP contribution in [0.25, 0.3) is 20.4 Å². The lowest BCUT2D eigenvalue weighted by Crippen LogP contribution is -2.13. The smallest absolute Gasteiger partial charge is 0.277 e. The molecule has 3 aromatic heterocycles. The maximum Gasteiger partial charge on any atom is 0.277 e. The maximum atomic E-state index is 12.1. The molecule has 7 nitrogen and oxygen atoms in total. The van der Waals surface area contributed by atoms with Crippen LogP contribution in [0.15, 0.2) is 30.7 Å². The van der Waals surface area contributed by atoms with Crippen LogP contribution in [0.1, 0.15) is 10.5 Å². The maximum absolute atomic E-state index is 12.1. The van der Waals surface area contributed by atoms with Gasteiger partial charge >= 0.3 is 0 Å². The lowest BCUT2D eigenvalue weighted by Gasteiger charge is -1.98. The Morgan fingerprint density at radius 2 is 1.91 bits per heavy atom. The number of rotatable bonds is 3. The molecule has 0 saturated carbocycles. The normalized spacial score (nSPS) is 11.0. The van der Waals surface area contributed by atoms with Gasteiger partial charge in [0.15, 0.2) is 5.13 Å². The number of aromatic nitrogens is 4. The number of ether oxygens (including phenoxy) is 1. The number of carbonyl (C=O) groups is 1. The number of anilines is 1. The Hall–Kier alpha value is -2.65. The lowest BCUT2D eigenvalue weighted by atomic mass is 10.3. The highest BCUT2D eigenvalue weighted by molar-refractivity contribution is 7.29. The van der Waals surface area contributed by atoms with E-state index in [9.17, 15) is 4.79 Å². The Morgan fingerprint density at radius 1 is 1.13 bits per heavy atom. The summed E-state index contributed by atoms with van der Waals surface area (Å²) in [7, 11) is 1.59. The molecule has 0 saturated heterocycles. The third-order valence-corrected chi connectivity index (χ3v) is 5.27. The van der Waals surface area contributed by atoms with E-state index in [1.54, 1.807) is 7.11 Å². The van der Waals surface area contributed by atoms with Crippen molar-refractivity contribution in [1.29, 1.82) is 0 Å². The second-order valence-electron chi connectivity index (χ2n) is 4.51. The molecular formula is C14H9N5O2S2. The quantitative estimate of drug-likeness (QED) is 0.615. The molecule has 0 atom stereocenters. The van der Waals surface area contributed by atoms with Crippen LogP contribution in [0.4, 0.5) is 5.13 Å². The minimum absolute atomic E-state index is 0.247. The van der Waals surface area contributed by atoms with Crippen molar-refractivity contribution in [1.82, 2.24) is 19.9 Å². The van der Waals surface area contributed by atoms with Gasteiger partial charge in [-0.05, 0) is 12.1 Å². The molecule has 0 aliphatic heterocycles. The Kier molecular flexibility index (Phi) is 3.36. The zero-order chi connectivity index (χ0) is 15.8. The predicted octanol–water partition coefficient (Wildman–Crippen LogP) is 2.96. The number of nitrogens with zero attached hydrogens (tertiary/aromatic N) is 4. The molecule has 23 heavy (non-hydrogen) atoms. The van der Waals surface area contributed by atoms with Crippen molar-refractivity contribution in [2.75, 3.05) is 12.4 Å². The molecule has 0 unspecified atom stereocenters. The molecule has 4 aromatic rings. The Morgan fingerprint density at radius 3 is 2.65 bits per heavy atom. The van der Waals surface area contributed by atoms with E-state index in [0.717, 1.165) is 20.4 Å². The van der Waals surface area contributed by atoms with Crippen molar-refractivity contribution in [3.8, 4) is 5.19 Å². The highest BCUT2D eigenvalue weighted by Crippen LogP contribution is 2.38. The van der Waals surface area contributed by atoms with E-state index in [0.29, 0.717) is 10.3 Å². The van der Waals surface area contributed by atoms with Gasteiger partial charge in [-0.15, -0.1) is 0 Å². The van der Waals surface area contributed by atoms with Gasteiger partial charge in [0.2, 0.25) is 0 Å². The fourth-order valence-corrected chi connectivity index (χ4v) is 4.03. The molecule has 0 bridgehead atoms. The fourth-order valence-electron chi connectivity index (χ4n) is 2.07. The first-order valence-electron chi connectivity index (χ1n) is 6.56. The number of nitrogens with one attached hydrogen (secondary N) is 1. The summed E-state index contributed by atoms with van der Waals surface area (Å²) in [4.78, 5) is 28.8. The van der Waals surface area contributed by atoms with E-state index in [1.165, 1.54) is 41.3 Å². The highest BCUT2D eigenvalue weighted by atomic mass is 32.1. The molecular weight excluding hydrogens is 334 g/mol. The number of benzene rings is 1. The van der Waals surface area contributed by atoms with Gasteiger partial charge < -0.3 is 4.74 Å². The first kappa shape index (κ1) is 14.0. The van der Waals surface area contributed by atoms with Gasteiger partial charge in [0.25, 0.3) is 11.1 Å². The average molecular weight is 343 g/mol. The molecule has 3 heterocycles. The van der Waals surface area contributed by atoms with E-state index >= 15 is 0 Å². The molecule has 114 valence electrons. The van der Waals surface area contributed by atoms with Crippen molar-refractivity contribution in [3.63, 3.8) is 0 Å². The van der Waals surface area contributed by atoms with Crippen LogP contribution < -0.4 is 10.1 Å². The summed E-state index contributed by atoms with van der Waals surface area (Å²) in [6.45, 7) is 0. The molecule has 0 fully saturated rings. The van der Waals surface area contributed by atoms with Gasteiger partial charge in [-0.25, -0.2) is 15.0 Å². The Balaban J connectivity index is 1.72. The minimum Gasteiger partial charge on any atom is -0.473 e. The summed E-state index contributed by atoms with van der Waals surface area (Å²) in [5, 5.41) is 3.86. The number of fused-ring (bicyclic) bond motifs is 3. The van der Waals surface area contributed by atoms with Crippen LogP contribution in [0.2, 0.25) is 0 Å². The number of methoxy groups -OCH3 is 1. The number of hydrogen-bond acceptors (Lipinski definition) is 8. The predicted molar refractivity (Wildman–Crippen MR) is 89.3 cm³/mol. The standard InChI is InChI=1S/C14H9N5O2S2/c1-21-14-18-8-3-2-7-10(11(8)23-14)22-13(17-7)19-12(20)9-6-15-4-5-16-9/h2-6H,1H3,(H,17,19,20). The van der Waals surface area contributed by atoms with Crippen molar-refractivity contribution in [2.45, 2.75) is 0 Å².